The van der Waals surface area contributed by atoms with Gasteiger partial charge in [-0.3, -0.25) is 10.1 Å². The van der Waals surface area contributed by atoms with Gasteiger partial charge in [0.05, 0.1) is 25.7 Å². The van der Waals surface area contributed by atoms with Crippen LogP contribution >= 0.6 is 0 Å². The molecule has 1 N–H and O–H groups in total. The van der Waals surface area contributed by atoms with Gasteiger partial charge in [0.25, 0.3) is 0 Å². The summed E-state index contributed by atoms with van der Waals surface area (Å²) < 4.78 is 21.9. The van der Waals surface area contributed by atoms with Crippen LogP contribution in [0.5, 0.6) is 23.0 Å². The Morgan fingerprint density at radius 2 is 1.66 bits per heavy atom. The van der Waals surface area contributed by atoms with E-state index in [0.717, 1.165) is 6.07 Å². The summed E-state index contributed by atoms with van der Waals surface area (Å²) in [6.07, 6.45) is 1.31. The fourth-order valence-electron chi connectivity index (χ4n) is 3.82. The van der Waals surface area contributed by atoms with E-state index in [9.17, 15) is 20.5 Å². The van der Waals surface area contributed by atoms with E-state index in [1.54, 1.807) is 57.5 Å². The van der Waals surface area contributed by atoms with Gasteiger partial charge in [0.2, 0.25) is 11.6 Å². The average molecular weight is 514 g/mol. The lowest BCUT2D eigenvalue weighted by molar-refractivity contribution is -0.386. The van der Waals surface area contributed by atoms with E-state index in [0.29, 0.717) is 33.9 Å². The van der Waals surface area contributed by atoms with E-state index in [-0.39, 0.29) is 29.4 Å². The lowest BCUT2D eigenvalue weighted by Gasteiger charge is -2.07. The quantitative estimate of drug-likeness (QED) is 0.157. The highest BCUT2D eigenvalue weighted by Gasteiger charge is 2.24. The van der Waals surface area contributed by atoms with Gasteiger partial charge in [-0.25, -0.2) is 4.99 Å². The molecule has 0 unspecified atom stereocenters. The maximum absolute atomic E-state index is 11.4. The number of nitriles is 1. The van der Waals surface area contributed by atoms with Gasteiger partial charge in [0.1, 0.15) is 28.9 Å². The molecule has 0 atom stereocenters. The van der Waals surface area contributed by atoms with Gasteiger partial charge in [-0.15, -0.1) is 0 Å². The maximum atomic E-state index is 11.4. The smallest absolute Gasteiger partial charge is 0.315 e. The number of nitrogens with zero attached hydrogens (tertiary/aromatic N) is 3. The number of nitro benzene ring substituents is 1. The third kappa shape index (κ3) is 5.12. The van der Waals surface area contributed by atoms with Gasteiger partial charge in [-0.1, -0.05) is 12.1 Å². The molecule has 4 aromatic rings. The van der Waals surface area contributed by atoms with E-state index in [1.165, 1.54) is 12.3 Å². The van der Waals surface area contributed by atoms with Gasteiger partial charge in [0.15, 0.2) is 5.75 Å². The third-order valence-corrected chi connectivity index (χ3v) is 5.64. The largest absolute Gasteiger partial charge is 0.500 e. The van der Waals surface area contributed by atoms with Gasteiger partial charge in [0, 0.05) is 29.0 Å². The van der Waals surface area contributed by atoms with E-state index >= 15 is 0 Å². The van der Waals surface area contributed by atoms with Crippen molar-refractivity contribution in [3.05, 3.63) is 81.9 Å². The van der Waals surface area contributed by atoms with Crippen LogP contribution in [0.15, 0.2) is 70.1 Å². The number of rotatable bonds is 9. The number of methoxy groups -OCH3 is 2. The van der Waals surface area contributed by atoms with Crippen molar-refractivity contribution in [2.75, 3.05) is 20.8 Å². The number of nitro groups is 1. The zero-order valence-corrected chi connectivity index (χ0v) is 20.8. The predicted octanol–water partition coefficient (Wildman–Crippen LogP) is 6.27. The monoisotopic (exact) mass is 513 g/mol. The van der Waals surface area contributed by atoms with Crippen molar-refractivity contribution in [1.29, 1.82) is 5.26 Å². The minimum atomic E-state index is -0.716. The summed E-state index contributed by atoms with van der Waals surface area (Å²) in [7, 11) is 3.13. The second-order valence-corrected chi connectivity index (χ2v) is 7.89. The molecule has 0 aliphatic heterocycles. The summed E-state index contributed by atoms with van der Waals surface area (Å²) in [6.45, 7) is 1.88. The molecule has 4 rings (SSSR count). The first-order valence-corrected chi connectivity index (χ1v) is 11.4. The Balaban J connectivity index is 1.87. The summed E-state index contributed by atoms with van der Waals surface area (Å²) in [5, 5.41) is 31.7. The first-order valence-electron chi connectivity index (χ1n) is 11.4. The molecule has 3 aromatic carbocycles. The maximum Gasteiger partial charge on any atom is 0.315 e. The average Bonchev–Trinajstić information content (AvgIpc) is 3.31. The Morgan fingerprint density at radius 3 is 2.18 bits per heavy atom. The molecule has 1 heterocycles. The topological polar surface area (TPSA) is 140 Å². The second kappa shape index (κ2) is 11.2. The molecule has 0 fully saturated rings. The van der Waals surface area contributed by atoms with Crippen LogP contribution in [0.1, 0.15) is 18.1 Å². The number of hydrogen-bond donors (Lipinski definition) is 1. The summed E-state index contributed by atoms with van der Waals surface area (Å²) in [6, 6.07) is 19.1. The van der Waals surface area contributed by atoms with E-state index in [2.05, 4.69) is 11.1 Å². The number of hydrogen-bond acceptors (Lipinski definition) is 9. The molecule has 1 aromatic heterocycles. The van der Waals surface area contributed by atoms with E-state index in [1.807, 2.05) is 12.1 Å². The first kappa shape index (κ1) is 25.8. The molecule has 0 radical (unpaired) electrons. The molecule has 10 heteroatoms. The molecule has 0 aliphatic rings. The summed E-state index contributed by atoms with van der Waals surface area (Å²) in [5.74, 6) is 1.10. The number of phenols is 1. The fourth-order valence-corrected chi connectivity index (χ4v) is 3.82. The number of aliphatic imine (C=N–C) groups is 1. The van der Waals surface area contributed by atoms with Crippen molar-refractivity contribution >= 4 is 17.8 Å². The molecule has 0 spiro atoms. The molecule has 0 saturated heterocycles. The highest BCUT2D eigenvalue weighted by atomic mass is 16.6. The zero-order chi connectivity index (χ0) is 27.2. The Labute approximate surface area is 218 Å². The highest BCUT2D eigenvalue weighted by molar-refractivity contribution is 5.90. The Kier molecular flexibility index (Phi) is 7.58. The number of furan rings is 1. The second-order valence-electron chi connectivity index (χ2n) is 7.89. The Bertz CT molecular complexity index is 1530. The molecular weight excluding hydrogens is 490 g/mol. The van der Waals surface area contributed by atoms with E-state index in [4.69, 9.17) is 18.6 Å². The zero-order valence-electron chi connectivity index (χ0n) is 20.8. The van der Waals surface area contributed by atoms with Crippen molar-refractivity contribution in [3.8, 4) is 51.5 Å². The van der Waals surface area contributed by atoms with Crippen LogP contribution < -0.4 is 14.2 Å². The van der Waals surface area contributed by atoms with Gasteiger partial charge in [-0.05, 0) is 55.0 Å². The lowest BCUT2D eigenvalue weighted by atomic mass is 9.98. The molecule has 0 saturated carbocycles. The summed E-state index contributed by atoms with van der Waals surface area (Å²) in [4.78, 5) is 15.1. The first-order chi connectivity index (χ1) is 18.4. The van der Waals surface area contributed by atoms with Crippen molar-refractivity contribution in [3.63, 3.8) is 0 Å². The highest BCUT2D eigenvalue weighted by Crippen LogP contribution is 2.43. The van der Waals surface area contributed by atoms with Crippen molar-refractivity contribution in [2.45, 2.75) is 6.92 Å². The predicted molar refractivity (Wildman–Crippen MR) is 141 cm³/mol. The van der Waals surface area contributed by atoms with Crippen LogP contribution in [0.2, 0.25) is 0 Å². The van der Waals surface area contributed by atoms with Crippen molar-refractivity contribution < 1.29 is 28.7 Å². The summed E-state index contributed by atoms with van der Waals surface area (Å²) >= 11 is 0. The molecular formula is C28H23N3O7. The van der Waals surface area contributed by atoms with Crippen LogP contribution in [-0.2, 0) is 0 Å². The van der Waals surface area contributed by atoms with Gasteiger partial charge >= 0.3 is 5.69 Å². The minimum Gasteiger partial charge on any atom is -0.500 e. The minimum absolute atomic E-state index is 0.0119. The fraction of sp³-hybridized carbons (Fsp3) is 0.143. The number of ether oxygens (including phenoxy) is 3. The standard InChI is InChI=1S/C28H23N3O7/c1-4-37-24-14-17(13-23(26(24)32)31(33)34)16-30-28-22(15-29)25(18-5-9-20(35-2)10-6-18)27(38-28)19-7-11-21(36-3)12-8-19/h5-14,16,32H,4H2,1-3H3/b30-16+. The van der Waals surface area contributed by atoms with Crippen molar-refractivity contribution in [1.82, 2.24) is 0 Å². The summed E-state index contributed by atoms with van der Waals surface area (Å²) in [5.41, 5.74) is 1.84. The molecule has 38 heavy (non-hydrogen) atoms. The van der Waals surface area contributed by atoms with Gasteiger partial charge in [-0.2, -0.15) is 5.26 Å². The lowest BCUT2D eigenvalue weighted by Crippen LogP contribution is -1.97. The molecule has 0 amide bonds. The van der Waals surface area contributed by atoms with Crippen LogP contribution in [0.4, 0.5) is 11.6 Å². The van der Waals surface area contributed by atoms with Crippen LogP contribution in [0.25, 0.3) is 22.5 Å². The molecule has 10 nitrogen and oxygen atoms in total. The SMILES string of the molecule is CCOc1cc(/C=N/c2oc(-c3ccc(OC)cc3)c(-c3ccc(OC)cc3)c2C#N)cc([N+](=O)[O-])c1O. The van der Waals surface area contributed by atoms with E-state index < -0.39 is 16.4 Å². The third-order valence-electron chi connectivity index (χ3n) is 5.64. The van der Waals surface area contributed by atoms with Crippen LogP contribution in [-0.4, -0.2) is 37.1 Å². The Hall–Kier alpha value is -5.30. The number of benzene rings is 3. The molecule has 0 aliphatic carbocycles. The number of aromatic hydroxyl groups is 1. The van der Waals surface area contributed by atoms with Crippen molar-refractivity contribution in [2.24, 2.45) is 4.99 Å². The normalized spacial score (nSPS) is 10.8. The number of phenolic OH excluding ortho intramolecular Hbond substituents is 1. The molecule has 192 valence electrons. The van der Waals surface area contributed by atoms with Crippen LogP contribution in [0, 0.1) is 21.4 Å². The van der Waals surface area contributed by atoms with Gasteiger partial charge < -0.3 is 23.7 Å². The van der Waals surface area contributed by atoms with Crippen LogP contribution in [0.3, 0.4) is 0 Å². The Morgan fingerprint density at radius 1 is 1.05 bits per heavy atom. The molecule has 0 bridgehead atoms.